The molecule has 0 aliphatic carbocycles. The number of hydrogen-bond donors (Lipinski definition) is 1. The highest BCUT2D eigenvalue weighted by molar-refractivity contribution is 7.92. The smallest absolute Gasteiger partial charge is 0.243 e. The number of hydrogen-bond acceptors (Lipinski definition) is 4. The van der Waals surface area contributed by atoms with E-state index < -0.39 is 16.1 Å². The van der Waals surface area contributed by atoms with Gasteiger partial charge in [-0.3, -0.25) is 13.9 Å². The fourth-order valence-electron chi connectivity index (χ4n) is 4.16. The predicted molar refractivity (Wildman–Crippen MR) is 146 cm³/mol. The monoisotopic (exact) mass is 515 g/mol. The van der Waals surface area contributed by atoms with E-state index in [9.17, 15) is 18.0 Å². The van der Waals surface area contributed by atoms with Crippen LogP contribution in [0.1, 0.15) is 63.1 Å². The number of nitrogens with zero attached hydrogens (tertiary/aromatic N) is 2. The van der Waals surface area contributed by atoms with Gasteiger partial charge in [0.2, 0.25) is 21.8 Å². The van der Waals surface area contributed by atoms with Crippen molar-refractivity contribution >= 4 is 27.5 Å². The lowest BCUT2D eigenvalue weighted by Gasteiger charge is -2.32. The van der Waals surface area contributed by atoms with Crippen LogP contribution in [0.15, 0.2) is 48.5 Å². The summed E-state index contributed by atoms with van der Waals surface area (Å²) >= 11 is 0. The Morgan fingerprint density at radius 1 is 0.944 bits per heavy atom. The first-order valence-corrected chi connectivity index (χ1v) is 14.5. The molecule has 0 fully saturated rings. The summed E-state index contributed by atoms with van der Waals surface area (Å²) in [6, 6.07) is 14.6. The molecule has 198 valence electrons. The van der Waals surface area contributed by atoms with Gasteiger partial charge in [0.25, 0.3) is 0 Å². The summed E-state index contributed by atoms with van der Waals surface area (Å²) in [4.78, 5) is 28.3. The van der Waals surface area contributed by atoms with Crippen molar-refractivity contribution in [1.29, 1.82) is 0 Å². The maximum atomic E-state index is 13.5. The first-order chi connectivity index (χ1) is 17.0. The number of aryl methyl sites for hydroxylation is 2. The lowest BCUT2D eigenvalue weighted by molar-refractivity contribution is -0.141. The van der Waals surface area contributed by atoms with Crippen LogP contribution in [-0.4, -0.2) is 50.0 Å². The first kappa shape index (κ1) is 29.4. The molecule has 7 nitrogen and oxygen atoms in total. The molecule has 0 aromatic heterocycles. The van der Waals surface area contributed by atoms with Gasteiger partial charge in [-0.1, -0.05) is 56.3 Å². The number of amides is 2. The van der Waals surface area contributed by atoms with E-state index in [4.69, 9.17) is 0 Å². The molecule has 2 atom stereocenters. The Labute approximate surface area is 216 Å². The minimum absolute atomic E-state index is 0.0133. The van der Waals surface area contributed by atoms with Gasteiger partial charge in [0, 0.05) is 25.6 Å². The van der Waals surface area contributed by atoms with Gasteiger partial charge in [0.05, 0.1) is 11.9 Å². The summed E-state index contributed by atoms with van der Waals surface area (Å²) in [6.45, 7) is 10.2. The van der Waals surface area contributed by atoms with Gasteiger partial charge < -0.3 is 10.2 Å². The average Bonchev–Trinajstić information content (AvgIpc) is 2.82. The number of rotatable bonds is 13. The highest BCUT2D eigenvalue weighted by Gasteiger charge is 2.29. The maximum Gasteiger partial charge on any atom is 0.243 e. The molecule has 2 aromatic carbocycles. The minimum atomic E-state index is -3.52. The molecule has 0 radical (unpaired) electrons. The molecule has 0 aliphatic rings. The van der Waals surface area contributed by atoms with Crippen LogP contribution in [0, 0.1) is 13.8 Å². The molecule has 36 heavy (non-hydrogen) atoms. The molecule has 0 spiro atoms. The highest BCUT2D eigenvalue weighted by atomic mass is 32.2. The summed E-state index contributed by atoms with van der Waals surface area (Å²) < 4.78 is 26.4. The zero-order valence-corrected chi connectivity index (χ0v) is 23.3. The summed E-state index contributed by atoms with van der Waals surface area (Å²) in [5.41, 5.74) is 3.50. The Morgan fingerprint density at radius 3 is 2.11 bits per heavy atom. The van der Waals surface area contributed by atoms with Gasteiger partial charge >= 0.3 is 0 Å². The number of carbonyl (C=O) groups is 2. The number of benzene rings is 2. The van der Waals surface area contributed by atoms with Crippen LogP contribution < -0.4 is 9.62 Å². The van der Waals surface area contributed by atoms with E-state index in [2.05, 4.69) is 5.32 Å². The molecule has 2 aromatic rings. The van der Waals surface area contributed by atoms with Gasteiger partial charge in [-0.05, 0) is 62.8 Å². The van der Waals surface area contributed by atoms with Crippen LogP contribution in [-0.2, 0) is 26.2 Å². The third-order valence-corrected chi connectivity index (χ3v) is 7.71. The zero-order valence-electron chi connectivity index (χ0n) is 22.5. The Balaban J connectivity index is 2.25. The van der Waals surface area contributed by atoms with Crippen molar-refractivity contribution in [2.45, 2.75) is 78.9 Å². The zero-order chi connectivity index (χ0) is 26.9. The summed E-state index contributed by atoms with van der Waals surface area (Å²) in [5, 5.41) is 3.02. The third kappa shape index (κ3) is 8.08. The standard InChI is InChI=1S/C28H41N3O4S/c1-7-23(5)29-28(33)25(8-2)30(20-24-16-11-9-14-21(24)3)27(32)18-13-19-31(36(6,34)35)26-17-12-10-15-22(26)4/h9-12,14-17,23,25H,7-8,13,18-20H2,1-6H3,(H,29,33)/t23-,25-/m0/s1. The Bertz CT molecular complexity index is 1130. The molecule has 8 heteroatoms. The Morgan fingerprint density at radius 2 is 1.56 bits per heavy atom. The van der Waals surface area contributed by atoms with E-state index in [0.29, 0.717) is 25.1 Å². The molecule has 2 rings (SSSR count). The third-order valence-electron chi connectivity index (χ3n) is 6.53. The Kier molecular flexibility index (Phi) is 11.0. The van der Waals surface area contributed by atoms with Gasteiger partial charge in [0.15, 0.2) is 0 Å². The fourth-order valence-corrected chi connectivity index (χ4v) is 5.18. The molecular formula is C28H41N3O4S. The molecule has 2 amide bonds. The fraction of sp³-hybridized carbons (Fsp3) is 0.500. The number of para-hydroxylation sites is 1. The van der Waals surface area contributed by atoms with Gasteiger partial charge in [0.1, 0.15) is 6.04 Å². The van der Waals surface area contributed by atoms with Crippen molar-refractivity contribution < 1.29 is 18.0 Å². The van der Waals surface area contributed by atoms with Crippen molar-refractivity contribution in [2.24, 2.45) is 0 Å². The van der Waals surface area contributed by atoms with Crippen LogP contribution in [0.4, 0.5) is 5.69 Å². The van der Waals surface area contributed by atoms with E-state index in [1.165, 1.54) is 10.6 Å². The SMILES string of the molecule is CC[C@H](C)NC(=O)[C@H](CC)N(Cc1ccccc1C)C(=O)CCCN(c1ccccc1C)S(C)(=O)=O. The van der Waals surface area contributed by atoms with Gasteiger partial charge in [-0.2, -0.15) is 0 Å². The lowest BCUT2D eigenvalue weighted by atomic mass is 10.0. The van der Waals surface area contributed by atoms with Crippen LogP contribution in [0.2, 0.25) is 0 Å². The number of anilines is 1. The van der Waals surface area contributed by atoms with Gasteiger partial charge in [-0.15, -0.1) is 0 Å². The minimum Gasteiger partial charge on any atom is -0.352 e. The van der Waals surface area contributed by atoms with Crippen LogP contribution in [0.3, 0.4) is 0 Å². The van der Waals surface area contributed by atoms with E-state index in [0.717, 1.165) is 23.1 Å². The molecule has 0 heterocycles. The lowest BCUT2D eigenvalue weighted by Crippen LogP contribution is -2.50. The number of nitrogens with one attached hydrogen (secondary N) is 1. The number of carbonyl (C=O) groups excluding carboxylic acids is 2. The van der Waals surface area contributed by atoms with Crippen LogP contribution in [0.5, 0.6) is 0 Å². The molecule has 1 N–H and O–H groups in total. The normalized spacial score (nSPS) is 13.1. The van der Waals surface area contributed by atoms with E-state index in [1.54, 1.807) is 17.0 Å². The van der Waals surface area contributed by atoms with Gasteiger partial charge in [-0.25, -0.2) is 8.42 Å². The maximum absolute atomic E-state index is 13.5. The molecule has 0 saturated carbocycles. The molecular weight excluding hydrogens is 474 g/mol. The average molecular weight is 516 g/mol. The molecule has 0 bridgehead atoms. The quantitative estimate of drug-likeness (QED) is 0.423. The van der Waals surface area contributed by atoms with Crippen molar-refractivity contribution in [2.75, 3.05) is 17.1 Å². The van der Waals surface area contributed by atoms with Crippen molar-refractivity contribution in [3.8, 4) is 0 Å². The van der Waals surface area contributed by atoms with Crippen molar-refractivity contribution in [1.82, 2.24) is 10.2 Å². The second kappa shape index (κ2) is 13.4. The topological polar surface area (TPSA) is 86.8 Å². The summed E-state index contributed by atoms with van der Waals surface area (Å²) in [6.07, 6.45) is 2.94. The van der Waals surface area contributed by atoms with Crippen molar-refractivity contribution in [3.63, 3.8) is 0 Å². The van der Waals surface area contributed by atoms with Crippen molar-refractivity contribution in [3.05, 3.63) is 65.2 Å². The summed E-state index contributed by atoms with van der Waals surface area (Å²) in [7, 11) is -3.52. The van der Waals surface area contributed by atoms with E-state index in [-0.39, 0.29) is 30.8 Å². The molecule has 0 saturated heterocycles. The second-order valence-electron chi connectivity index (χ2n) is 9.42. The summed E-state index contributed by atoms with van der Waals surface area (Å²) in [5.74, 6) is -0.325. The Hall–Kier alpha value is -2.87. The largest absolute Gasteiger partial charge is 0.352 e. The molecule has 0 unspecified atom stereocenters. The first-order valence-electron chi connectivity index (χ1n) is 12.7. The molecule has 0 aliphatic heterocycles. The second-order valence-corrected chi connectivity index (χ2v) is 11.3. The van der Waals surface area contributed by atoms with Crippen LogP contribution in [0.25, 0.3) is 0 Å². The number of sulfonamides is 1. The highest BCUT2D eigenvalue weighted by Crippen LogP contribution is 2.23. The van der Waals surface area contributed by atoms with E-state index >= 15 is 0 Å². The van der Waals surface area contributed by atoms with Crippen LogP contribution >= 0.6 is 0 Å². The van der Waals surface area contributed by atoms with E-state index in [1.807, 2.05) is 71.0 Å². The predicted octanol–water partition coefficient (Wildman–Crippen LogP) is 4.57.